The fraction of sp³-hybridized carbons (Fsp3) is 0.333. The summed E-state index contributed by atoms with van der Waals surface area (Å²) in [6.07, 6.45) is 0.486. The molecule has 110 valence electrons. The van der Waals surface area contributed by atoms with Gasteiger partial charge in [-0.05, 0) is 31.5 Å². The van der Waals surface area contributed by atoms with Crippen LogP contribution < -0.4 is 0 Å². The molecular weight excluding hydrogens is 336 g/mol. The number of nitrogens with zero attached hydrogens (tertiary/aromatic N) is 1. The number of carbonyl (C=O) groups is 2. The van der Waals surface area contributed by atoms with Crippen molar-refractivity contribution in [3.8, 4) is 0 Å². The summed E-state index contributed by atoms with van der Waals surface area (Å²) in [5, 5.41) is 10.2. The Bertz CT molecular complexity index is 740. The number of carboxylic acid groups (broad SMARTS) is 1. The van der Waals surface area contributed by atoms with E-state index in [0.717, 1.165) is 15.4 Å². The highest BCUT2D eigenvalue weighted by Gasteiger charge is 2.42. The van der Waals surface area contributed by atoms with Crippen molar-refractivity contribution in [3.05, 3.63) is 34.4 Å². The maximum atomic E-state index is 12.5. The number of hydrogen-bond donors (Lipinski definition) is 2. The third kappa shape index (κ3) is 2.44. The number of halogens is 1. The molecule has 1 aliphatic rings. The summed E-state index contributed by atoms with van der Waals surface area (Å²) >= 11 is 3.40. The van der Waals surface area contributed by atoms with E-state index in [-0.39, 0.29) is 12.5 Å². The highest BCUT2D eigenvalue weighted by atomic mass is 79.9. The monoisotopic (exact) mass is 350 g/mol. The molecule has 1 fully saturated rings. The molecule has 0 spiro atoms. The lowest BCUT2D eigenvalue weighted by atomic mass is 9.90. The second-order valence-electron chi connectivity index (χ2n) is 5.76. The van der Waals surface area contributed by atoms with Crippen LogP contribution in [0.5, 0.6) is 0 Å². The zero-order valence-electron chi connectivity index (χ0n) is 11.5. The molecule has 1 aromatic heterocycles. The Balaban J connectivity index is 1.86. The molecule has 1 unspecified atom stereocenters. The molecule has 3 rings (SSSR count). The number of aromatic amines is 1. The third-order valence-corrected chi connectivity index (χ3v) is 4.59. The molecule has 21 heavy (non-hydrogen) atoms. The molecular formula is C15H15BrN2O3. The van der Waals surface area contributed by atoms with Crippen LogP contribution in [0.15, 0.2) is 28.7 Å². The van der Waals surface area contributed by atoms with Gasteiger partial charge in [0.15, 0.2) is 0 Å². The van der Waals surface area contributed by atoms with Gasteiger partial charge in [-0.25, -0.2) is 0 Å². The number of carbonyl (C=O) groups excluding carboxylic acids is 1. The van der Waals surface area contributed by atoms with Crippen molar-refractivity contribution in [2.45, 2.75) is 13.3 Å². The van der Waals surface area contributed by atoms with Gasteiger partial charge in [0.2, 0.25) is 0 Å². The lowest BCUT2D eigenvalue weighted by molar-refractivity contribution is -0.147. The van der Waals surface area contributed by atoms with E-state index in [4.69, 9.17) is 0 Å². The molecule has 0 aliphatic carbocycles. The maximum Gasteiger partial charge on any atom is 0.311 e. The van der Waals surface area contributed by atoms with E-state index in [0.29, 0.717) is 18.7 Å². The molecule has 6 heteroatoms. The number of fused-ring (bicyclic) bond motifs is 1. The van der Waals surface area contributed by atoms with Crippen molar-refractivity contribution in [1.29, 1.82) is 0 Å². The predicted molar refractivity (Wildman–Crippen MR) is 82.3 cm³/mol. The Morgan fingerprint density at radius 3 is 2.81 bits per heavy atom. The molecule has 5 nitrogen and oxygen atoms in total. The van der Waals surface area contributed by atoms with Gasteiger partial charge >= 0.3 is 5.97 Å². The molecule has 2 N–H and O–H groups in total. The fourth-order valence-electron chi connectivity index (χ4n) is 2.69. The molecule has 0 bridgehead atoms. The Morgan fingerprint density at radius 1 is 1.38 bits per heavy atom. The molecule has 1 saturated heterocycles. The lowest BCUT2D eigenvalue weighted by Crippen LogP contribution is -2.35. The summed E-state index contributed by atoms with van der Waals surface area (Å²) < 4.78 is 0.940. The van der Waals surface area contributed by atoms with E-state index >= 15 is 0 Å². The first-order valence-electron chi connectivity index (χ1n) is 6.70. The SMILES string of the molecule is CC1(C(=O)O)CCN(C(=O)c2cc3ccc(Br)cc3[nH]2)C1. The Hall–Kier alpha value is -1.82. The number of H-pyrrole nitrogens is 1. The van der Waals surface area contributed by atoms with Crippen molar-refractivity contribution < 1.29 is 14.7 Å². The van der Waals surface area contributed by atoms with Gasteiger partial charge in [-0.15, -0.1) is 0 Å². The first kappa shape index (κ1) is 14.1. The van der Waals surface area contributed by atoms with Gasteiger partial charge in [0.25, 0.3) is 5.91 Å². The van der Waals surface area contributed by atoms with Crippen molar-refractivity contribution in [2.75, 3.05) is 13.1 Å². The van der Waals surface area contributed by atoms with Crippen molar-refractivity contribution in [1.82, 2.24) is 9.88 Å². The zero-order valence-corrected chi connectivity index (χ0v) is 13.1. The lowest BCUT2D eigenvalue weighted by Gasteiger charge is -2.19. The fourth-order valence-corrected chi connectivity index (χ4v) is 3.05. The quantitative estimate of drug-likeness (QED) is 0.874. The minimum atomic E-state index is -0.849. The first-order valence-corrected chi connectivity index (χ1v) is 7.49. The molecule has 2 heterocycles. The van der Waals surface area contributed by atoms with Gasteiger partial charge in [-0.1, -0.05) is 22.0 Å². The van der Waals surface area contributed by atoms with Crippen molar-refractivity contribution >= 4 is 38.7 Å². The summed E-state index contributed by atoms with van der Waals surface area (Å²) in [5.74, 6) is -0.995. The van der Waals surface area contributed by atoms with E-state index in [1.54, 1.807) is 17.9 Å². The Kier molecular flexibility index (Phi) is 3.28. The van der Waals surface area contributed by atoms with Crippen LogP contribution in [0.2, 0.25) is 0 Å². The number of benzene rings is 1. The highest BCUT2D eigenvalue weighted by molar-refractivity contribution is 9.10. The van der Waals surface area contributed by atoms with E-state index in [2.05, 4.69) is 20.9 Å². The maximum absolute atomic E-state index is 12.5. The topological polar surface area (TPSA) is 73.4 Å². The van der Waals surface area contributed by atoms with Gasteiger partial charge in [0, 0.05) is 28.5 Å². The van der Waals surface area contributed by atoms with E-state index in [1.807, 2.05) is 18.2 Å². The van der Waals surface area contributed by atoms with Crippen molar-refractivity contribution in [3.63, 3.8) is 0 Å². The molecule has 1 atom stereocenters. The second-order valence-corrected chi connectivity index (χ2v) is 6.67. The van der Waals surface area contributed by atoms with Gasteiger partial charge in [-0.3, -0.25) is 9.59 Å². The van der Waals surface area contributed by atoms with Gasteiger partial charge < -0.3 is 15.0 Å². The average Bonchev–Trinajstić information content (AvgIpc) is 3.02. The summed E-state index contributed by atoms with van der Waals surface area (Å²) in [6.45, 7) is 2.41. The van der Waals surface area contributed by atoms with E-state index in [9.17, 15) is 14.7 Å². The Morgan fingerprint density at radius 2 is 2.14 bits per heavy atom. The summed E-state index contributed by atoms with van der Waals surface area (Å²) in [6, 6.07) is 7.57. The molecule has 1 amide bonds. The highest BCUT2D eigenvalue weighted by Crippen LogP contribution is 2.31. The second kappa shape index (κ2) is 4.87. The number of rotatable bonds is 2. The summed E-state index contributed by atoms with van der Waals surface area (Å²) in [4.78, 5) is 28.5. The number of likely N-dealkylation sites (tertiary alicyclic amines) is 1. The smallest absolute Gasteiger partial charge is 0.311 e. The average molecular weight is 351 g/mol. The normalized spacial score (nSPS) is 21.9. The number of hydrogen-bond acceptors (Lipinski definition) is 2. The predicted octanol–water partition coefficient (Wildman–Crippen LogP) is 2.87. The standard InChI is InChI=1S/C15H15BrN2O3/c1-15(14(20)21)4-5-18(8-15)13(19)12-6-9-2-3-10(16)7-11(9)17-12/h2-3,6-7,17H,4-5,8H2,1H3,(H,20,21). The number of carboxylic acids is 1. The van der Waals surface area contributed by atoms with Gasteiger partial charge in [0.1, 0.15) is 5.69 Å². The number of aliphatic carboxylic acids is 1. The number of aromatic nitrogens is 1. The number of amides is 1. The van der Waals surface area contributed by atoms with Gasteiger partial charge in [0.05, 0.1) is 5.41 Å². The van der Waals surface area contributed by atoms with Crippen LogP contribution in [0.1, 0.15) is 23.8 Å². The molecule has 0 saturated carbocycles. The summed E-state index contributed by atoms with van der Waals surface area (Å²) in [5.41, 5.74) is 0.538. The van der Waals surface area contributed by atoms with Crippen LogP contribution in [0.25, 0.3) is 10.9 Å². The van der Waals surface area contributed by atoms with Crippen LogP contribution in [-0.2, 0) is 4.79 Å². The van der Waals surface area contributed by atoms with E-state index in [1.165, 1.54) is 0 Å². The summed E-state index contributed by atoms with van der Waals surface area (Å²) in [7, 11) is 0. The molecule has 1 aliphatic heterocycles. The van der Waals surface area contributed by atoms with Crippen molar-refractivity contribution in [2.24, 2.45) is 5.41 Å². The van der Waals surface area contributed by atoms with Crippen LogP contribution in [0.3, 0.4) is 0 Å². The molecule has 2 aromatic rings. The van der Waals surface area contributed by atoms with Crippen LogP contribution >= 0.6 is 15.9 Å². The Labute approximate surface area is 130 Å². The minimum Gasteiger partial charge on any atom is -0.481 e. The van der Waals surface area contributed by atoms with Crippen LogP contribution in [0.4, 0.5) is 0 Å². The number of nitrogens with one attached hydrogen (secondary N) is 1. The largest absolute Gasteiger partial charge is 0.481 e. The molecule has 1 aromatic carbocycles. The molecule has 0 radical (unpaired) electrons. The first-order chi connectivity index (χ1) is 9.89. The minimum absolute atomic E-state index is 0.146. The van der Waals surface area contributed by atoms with E-state index < -0.39 is 11.4 Å². The van der Waals surface area contributed by atoms with Gasteiger partial charge in [-0.2, -0.15) is 0 Å². The zero-order chi connectivity index (χ0) is 15.2. The van der Waals surface area contributed by atoms with Crippen LogP contribution in [0, 0.1) is 5.41 Å². The van der Waals surface area contributed by atoms with Crippen LogP contribution in [-0.4, -0.2) is 40.0 Å². The third-order valence-electron chi connectivity index (χ3n) is 4.09.